The number of hydrogen-bond donors (Lipinski definition) is 2. The predicted octanol–water partition coefficient (Wildman–Crippen LogP) is 1.94. The molecule has 1 saturated heterocycles. The molecule has 0 aromatic rings. The third-order valence-electron chi connectivity index (χ3n) is 3.51. The summed E-state index contributed by atoms with van der Waals surface area (Å²) in [7, 11) is 0. The van der Waals surface area contributed by atoms with Crippen LogP contribution in [0.5, 0.6) is 0 Å². The molecule has 0 aromatic heterocycles. The van der Waals surface area contributed by atoms with Crippen molar-refractivity contribution in [1.82, 2.24) is 5.32 Å². The highest BCUT2D eigenvalue weighted by atomic mass is 16.5. The molecule has 2 atom stereocenters. The summed E-state index contributed by atoms with van der Waals surface area (Å²) in [6.45, 7) is 7.37. The standard InChI is InChI=1S/C13H27NO2/c1-3-5-6-12(4-2)9-14-10-13(15)7-8-16-11-13/h12,14-15H,3-11H2,1-2H3. The lowest BCUT2D eigenvalue weighted by Gasteiger charge is -2.23. The van der Waals surface area contributed by atoms with Crippen molar-refractivity contribution in [3.05, 3.63) is 0 Å². The number of ether oxygens (including phenoxy) is 1. The molecule has 16 heavy (non-hydrogen) atoms. The first-order valence-electron chi connectivity index (χ1n) is 6.71. The zero-order valence-electron chi connectivity index (χ0n) is 10.8. The van der Waals surface area contributed by atoms with Crippen LogP contribution >= 0.6 is 0 Å². The van der Waals surface area contributed by atoms with Crippen molar-refractivity contribution in [3.8, 4) is 0 Å². The number of aliphatic hydroxyl groups is 1. The summed E-state index contributed by atoms with van der Waals surface area (Å²) in [4.78, 5) is 0. The van der Waals surface area contributed by atoms with Crippen molar-refractivity contribution in [2.24, 2.45) is 5.92 Å². The maximum absolute atomic E-state index is 10.1. The Hall–Kier alpha value is -0.120. The molecule has 1 aliphatic heterocycles. The Balaban J connectivity index is 2.12. The topological polar surface area (TPSA) is 41.5 Å². The van der Waals surface area contributed by atoms with E-state index in [2.05, 4.69) is 19.2 Å². The molecule has 3 nitrogen and oxygen atoms in total. The summed E-state index contributed by atoms with van der Waals surface area (Å²) in [6, 6.07) is 0. The third-order valence-corrected chi connectivity index (χ3v) is 3.51. The molecule has 1 rings (SSSR count). The van der Waals surface area contributed by atoms with Crippen LogP contribution in [0.1, 0.15) is 46.0 Å². The summed E-state index contributed by atoms with van der Waals surface area (Å²) in [5, 5.41) is 13.5. The average Bonchev–Trinajstić information content (AvgIpc) is 2.70. The van der Waals surface area contributed by atoms with Gasteiger partial charge in [0.2, 0.25) is 0 Å². The number of unbranched alkanes of at least 4 members (excludes halogenated alkanes) is 1. The molecule has 1 aliphatic rings. The van der Waals surface area contributed by atoms with Crippen LogP contribution in [0.25, 0.3) is 0 Å². The van der Waals surface area contributed by atoms with E-state index in [-0.39, 0.29) is 0 Å². The van der Waals surface area contributed by atoms with Gasteiger partial charge < -0.3 is 15.2 Å². The first kappa shape index (κ1) is 13.9. The second kappa shape index (κ2) is 7.25. The van der Waals surface area contributed by atoms with E-state index in [0.717, 1.165) is 18.9 Å². The van der Waals surface area contributed by atoms with E-state index in [0.29, 0.717) is 19.8 Å². The predicted molar refractivity (Wildman–Crippen MR) is 66.6 cm³/mol. The molecule has 0 amide bonds. The zero-order chi connectivity index (χ0) is 11.9. The zero-order valence-corrected chi connectivity index (χ0v) is 10.8. The van der Waals surface area contributed by atoms with Crippen molar-refractivity contribution in [3.63, 3.8) is 0 Å². The van der Waals surface area contributed by atoms with Crippen LogP contribution in [0.4, 0.5) is 0 Å². The average molecular weight is 229 g/mol. The molecule has 2 N–H and O–H groups in total. The van der Waals surface area contributed by atoms with Crippen molar-refractivity contribution in [2.75, 3.05) is 26.3 Å². The van der Waals surface area contributed by atoms with Gasteiger partial charge in [0.25, 0.3) is 0 Å². The van der Waals surface area contributed by atoms with Gasteiger partial charge in [0.05, 0.1) is 6.61 Å². The van der Waals surface area contributed by atoms with Gasteiger partial charge in [-0.1, -0.05) is 33.1 Å². The molecule has 0 spiro atoms. The van der Waals surface area contributed by atoms with Gasteiger partial charge in [0.15, 0.2) is 0 Å². The van der Waals surface area contributed by atoms with Gasteiger partial charge in [0, 0.05) is 19.6 Å². The molecule has 1 heterocycles. The summed E-state index contributed by atoms with van der Waals surface area (Å²) in [5.74, 6) is 0.755. The Kier molecular flexibility index (Phi) is 6.32. The van der Waals surface area contributed by atoms with E-state index in [1.165, 1.54) is 25.7 Å². The Morgan fingerprint density at radius 1 is 1.44 bits per heavy atom. The van der Waals surface area contributed by atoms with Gasteiger partial charge in [-0.3, -0.25) is 0 Å². The summed E-state index contributed by atoms with van der Waals surface area (Å²) >= 11 is 0. The Labute approximate surface area is 99.6 Å². The van der Waals surface area contributed by atoms with Crippen LogP contribution < -0.4 is 5.32 Å². The highest BCUT2D eigenvalue weighted by molar-refractivity contribution is 4.85. The van der Waals surface area contributed by atoms with E-state index in [1.54, 1.807) is 0 Å². The molecule has 1 fully saturated rings. The summed E-state index contributed by atoms with van der Waals surface area (Å²) < 4.78 is 5.22. The summed E-state index contributed by atoms with van der Waals surface area (Å²) in [5.41, 5.74) is -0.608. The monoisotopic (exact) mass is 229 g/mol. The third kappa shape index (κ3) is 4.81. The maximum atomic E-state index is 10.1. The molecule has 96 valence electrons. The normalized spacial score (nSPS) is 27.2. The number of hydrogen-bond acceptors (Lipinski definition) is 3. The van der Waals surface area contributed by atoms with Crippen LogP contribution in [-0.4, -0.2) is 37.0 Å². The Morgan fingerprint density at radius 2 is 2.25 bits per heavy atom. The Bertz CT molecular complexity index is 179. The number of nitrogens with one attached hydrogen (secondary N) is 1. The minimum absolute atomic E-state index is 0.492. The van der Waals surface area contributed by atoms with Gasteiger partial charge in [-0.05, 0) is 18.9 Å². The van der Waals surface area contributed by atoms with Crippen molar-refractivity contribution in [1.29, 1.82) is 0 Å². The van der Waals surface area contributed by atoms with E-state index in [4.69, 9.17) is 4.74 Å². The van der Waals surface area contributed by atoms with Crippen molar-refractivity contribution < 1.29 is 9.84 Å². The highest BCUT2D eigenvalue weighted by Crippen LogP contribution is 2.17. The minimum Gasteiger partial charge on any atom is -0.386 e. The lowest BCUT2D eigenvalue weighted by atomic mass is 9.98. The summed E-state index contributed by atoms with van der Waals surface area (Å²) in [6.07, 6.45) is 5.88. The molecule has 0 saturated carbocycles. The molecular formula is C13H27NO2. The molecular weight excluding hydrogens is 202 g/mol. The van der Waals surface area contributed by atoms with E-state index in [9.17, 15) is 5.11 Å². The first-order chi connectivity index (χ1) is 7.70. The smallest absolute Gasteiger partial charge is 0.102 e. The van der Waals surface area contributed by atoms with Crippen molar-refractivity contribution >= 4 is 0 Å². The van der Waals surface area contributed by atoms with Crippen LogP contribution in [0, 0.1) is 5.92 Å². The molecule has 0 bridgehead atoms. The molecule has 0 aliphatic carbocycles. The van der Waals surface area contributed by atoms with Gasteiger partial charge in [0.1, 0.15) is 5.60 Å². The van der Waals surface area contributed by atoms with E-state index < -0.39 is 5.60 Å². The van der Waals surface area contributed by atoms with E-state index in [1.807, 2.05) is 0 Å². The van der Waals surface area contributed by atoms with Gasteiger partial charge in [-0.2, -0.15) is 0 Å². The van der Waals surface area contributed by atoms with Gasteiger partial charge in [-0.25, -0.2) is 0 Å². The van der Waals surface area contributed by atoms with Crippen LogP contribution in [0.3, 0.4) is 0 Å². The fourth-order valence-corrected chi connectivity index (χ4v) is 2.19. The van der Waals surface area contributed by atoms with Crippen LogP contribution in [0.2, 0.25) is 0 Å². The fraction of sp³-hybridized carbons (Fsp3) is 1.00. The molecule has 2 unspecified atom stereocenters. The quantitative estimate of drug-likeness (QED) is 0.668. The van der Waals surface area contributed by atoms with Crippen LogP contribution in [-0.2, 0) is 4.74 Å². The maximum Gasteiger partial charge on any atom is 0.102 e. The Morgan fingerprint density at radius 3 is 2.81 bits per heavy atom. The highest BCUT2D eigenvalue weighted by Gasteiger charge is 2.31. The molecule has 0 radical (unpaired) electrons. The molecule has 3 heteroatoms. The minimum atomic E-state index is -0.608. The largest absolute Gasteiger partial charge is 0.386 e. The van der Waals surface area contributed by atoms with Crippen molar-refractivity contribution in [2.45, 2.75) is 51.6 Å². The van der Waals surface area contributed by atoms with Gasteiger partial charge in [-0.15, -0.1) is 0 Å². The second-order valence-corrected chi connectivity index (χ2v) is 5.07. The lowest BCUT2D eigenvalue weighted by Crippen LogP contribution is -2.42. The lowest BCUT2D eigenvalue weighted by molar-refractivity contribution is 0.0263. The number of rotatable bonds is 8. The van der Waals surface area contributed by atoms with Gasteiger partial charge >= 0.3 is 0 Å². The SMILES string of the molecule is CCCCC(CC)CNCC1(O)CCOC1. The second-order valence-electron chi connectivity index (χ2n) is 5.07. The van der Waals surface area contributed by atoms with Crippen LogP contribution in [0.15, 0.2) is 0 Å². The van der Waals surface area contributed by atoms with E-state index >= 15 is 0 Å². The first-order valence-corrected chi connectivity index (χ1v) is 6.71. The fourth-order valence-electron chi connectivity index (χ4n) is 2.19. The molecule has 0 aromatic carbocycles.